The predicted molar refractivity (Wildman–Crippen MR) is 74.8 cm³/mol. The van der Waals surface area contributed by atoms with Gasteiger partial charge in [0.05, 0.1) is 0 Å². The number of nitrogens with zero attached hydrogens (tertiary/aromatic N) is 2. The summed E-state index contributed by atoms with van der Waals surface area (Å²) in [6, 6.07) is 3.22. The second kappa shape index (κ2) is 5.99. The van der Waals surface area contributed by atoms with E-state index in [2.05, 4.69) is 10.3 Å². The monoisotopic (exact) mass is 291 g/mol. The summed E-state index contributed by atoms with van der Waals surface area (Å²) in [4.78, 5) is 32.4. The fourth-order valence-corrected chi connectivity index (χ4v) is 2.65. The summed E-state index contributed by atoms with van der Waals surface area (Å²) < 4.78 is 5.70. The van der Waals surface area contributed by atoms with Crippen molar-refractivity contribution in [1.29, 1.82) is 0 Å². The number of aromatic nitrogens is 2. The van der Waals surface area contributed by atoms with E-state index >= 15 is 0 Å². The van der Waals surface area contributed by atoms with Crippen LogP contribution in [0.2, 0.25) is 0 Å². The van der Waals surface area contributed by atoms with Crippen LogP contribution in [0.15, 0.2) is 27.5 Å². The van der Waals surface area contributed by atoms with Gasteiger partial charge in [-0.2, -0.15) is 0 Å². The first-order chi connectivity index (χ1) is 10.2. The van der Waals surface area contributed by atoms with E-state index in [9.17, 15) is 9.59 Å². The largest absolute Gasteiger partial charge is 0.455 e. The van der Waals surface area contributed by atoms with E-state index in [4.69, 9.17) is 9.25 Å². The molecule has 2 aromatic rings. The van der Waals surface area contributed by atoms with Crippen molar-refractivity contribution in [3.8, 4) is 0 Å². The Hall–Kier alpha value is -2.31. The van der Waals surface area contributed by atoms with Crippen molar-refractivity contribution in [1.82, 2.24) is 15.0 Å². The first-order valence-corrected chi connectivity index (χ1v) is 7.17. The third-order valence-corrected chi connectivity index (χ3v) is 3.74. The summed E-state index contributed by atoms with van der Waals surface area (Å²) in [6.07, 6.45) is 6.75. The van der Waals surface area contributed by atoms with Crippen LogP contribution in [0.5, 0.6) is 0 Å². The zero-order valence-electron chi connectivity index (χ0n) is 11.6. The minimum Gasteiger partial charge on any atom is -0.404 e. The van der Waals surface area contributed by atoms with E-state index in [1.54, 1.807) is 12.1 Å². The number of amides is 1. The molecule has 2 heterocycles. The minimum atomic E-state index is -0.767. The number of rotatable bonds is 3. The summed E-state index contributed by atoms with van der Waals surface area (Å²) >= 11 is 0. The highest BCUT2D eigenvalue weighted by Crippen LogP contribution is 2.22. The molecule has 0 unspecified atom stereocenters. The van der Waals surface area contributed by atoms with Crippen LogP contribution < -0.4 is 15.9 Å². The van der Waals surface area contributed by atoms with E-state index in [1.165, 1.54) is 25.5 Å². The minimum absolute atomic E-state index is 0.190. The van der Waals surface area contributed by atoms with Crippen molar-refractivity contribution >= 4 is 17.3 Å². The van der Waals surface area contributed by atoms with Crippen LogP contribution in [0.3, 0.4) is 0 Å². The molecular weight excluding hydrogens is 274 g/mol. The van der Waals surface area contributed by atoms with Crippen LogP contribution in [0, 0.1) is 5.92 Å². The summed E-state index contributed by atoms with van der Waals surface area (Å²) in [6.45, 7) is 0.566. The van der Waals surface area contributed by atoms with Crippen LogP contribution >= 0.6 is 0 Å². The Morgan fingerprint density at radius 1 is 1.43 bits per heavy atom. The summed E-state index contributed by atoms with van der Waals surface area (Å²) in [5.74, 6) is -0.279. The van der Waals surface area contributed by atoms with E-state index in [0.717, 1.165) is 17.6 Å². The van der Waals surface area contributed by atoms with Crippen molar-refractivity contribution < 1.29 is 14.0 Å². The Kier molecular flexibility index (Phi) is 3.89. The lowest BCUT2D eigenvalue weighted by Crippen LogP contribution is -2.38. The molecule has 1 fully saturated rings. The van der Waals surface area contributed by atoms with Crippen molar-refractivity contribution in [3.63, 3.8) is 0 Å². The highest BCUT2D eigenvalue weighted by atomic mass is 16.7. The highest BCUT2D eigenvalue weighted by Gasteiger charge is 2.17. The number of fused-ring (bicyclic) bond motifs is 1. The fraction of sp³-hybridized carbons (Fsp3) is 0.500. The second-order valence-electron chi connectivity index (χ2n) is 5.25. The molecule has 0 bridgehead atoms. The van der Waals surface area contributed by atoms with E-state index in [1.807, 2.05) is 0 Å². The van der Waals surface area contributed by atoms with Crippen molar-refractivity contribution in [3.05, 3.63) is 28.9 Å². The maximum atomic E-state index is 11.8. The zero-order chi connectivity index (χ0) is 14.7. The molecule has 1 saturated carbocycles. The zero-order valence-corrected chi connectivity index (χ0v) is 11.6. The molecule has 0 saturated heterocycles. The Bertz CT molecular complexity index is 685. The number of carbonyl (C=O) groups excluding carboxylic acids is 1. The van der Waals surface area contributed by atoms with Crippen molar-refractivity contribution in [2.45, 2.75) is 32.1 Å². The Morgan fingerprint density at radius 3 is 3.05 bits per heavy atom. The molecule has 1 aliphatic carbocycles. The number of oxazole rings is 1. The number of hydrogen-bond donors (Lipinski definition) is 1. The molecule has 1 N–H and O–H groups in total. The van der Waals surface area contributed by atoms with Gasteiger partial charge in [-0.05, 0) is 30.9 Å². The van der Waals surface area contributed by atoms with Crippen LogP contribution in [0.1, 0.15) is 32.1 Å². The van der Waals surface area contributed by atoms with Gasteiger partial charge in [-0.15, -0.1) is 0 Å². The lowest BCUT2D eigenvalue weighted by atomic mass is 9.89. The van der Waals surface area contributed by atoms with Gasteiger partial charge < -0.3 is 14.6 Å². The maximum Gasteiger partial charge on any atom is 0.455 e. The molecule has 0 radical (unpaired) electrons. The fourth-order valence-electron chi connectivity index (χ4n) is 2.65. The van der Waals surface area contributed by atoms with Gasteiger partial charge in [0, 0.05) is 12.7 Å². The molecule has 0 aliphatic heterocycles. The lowest BCUT2D eigenvalue weighted by Gasteiger charge is -2.21. The molecular formula is C14H17N3O4. The van der Waals surface area contributed by atoms with Gasteiger partial charge in [0.15, 0.2) is 5.58 Å². The Labute approximate surface area is 120 Å². The molecule has 3 rings (SSSR count). The van der Waals surface area contributed by atoms with Crippen LogP contribution in [-0.2, 0) is 0 Å². The molecule has 1 aliphatic rings. The molecule has 7 nitrogen and oxygen atoms in total. The van der Waals surface area contributed by atoms with E-state index < -0.39 is 11.8 Å². The van der Waals surface area contributed by atoms with Gasteiger partial charge in [-0.25, -0.2) is 14.6 Å². The van der Waals surface area contributed by atoms with E-state index in [0.29, 0.717) is 12.5 Å². The van der Waals surface area contributed by atoms with Gasteiger partial charge in [0.25, 0.3) is 0 Å². The summed E-state index contributed by atoms with van der Waals surface area (Å²) in [7, 11) is 0. The number of nitrogens with one attached hydrogen (secondary N) is 1. The molecule has 1 amide bonds. The third kappa shape index (κ3) is 3.07. The Morgan fingerprint density at radius 2 is 2.24 bits per heavy atom. The first kappa shape index (κ1) is 13.7. The van der Waals surface area contributed by atoms with Crippen LogP contribution in [-0.4, -0.2) is 22.4 Å². The topological polar surface area (TPSA) is 86.4 Å². The van der Waals surface area contributed by atoms with Gasteiger partial charge in [0.2, 0.25) is 5.65 Å². The second-order valence-corrected chi connectivity index (χ2v) is 5.25. The maximum absolute atomic E-state index is 11.8. The molecule has 0 spiro atoms. The van der Waals surface area contributed by atoms with Gasteiger partial charge in [0.1, 0.15) is 0 Å². The molecule has 21 heavy (non-hydrogen) atoms. The van der Waals surface area contributed by atoms with E-state index in [-0.39, 0.29) is 11.2 Å². The van der Waals surface area contributed by atoms with Gasteiger partial charge in [-0.3, -0.25) is 0 Å². The van der Waals surface area contributed by atoms with Crippen LogP contribution in [0.25, 0.3) is 11.2 Å². The molecule has 0 atom stereocenters. The standard InChI is InChI=1S/C14H17N3O4/c18-13(16-9-10-5-2-1-3-6-10)21-17-12-11(20-14(17)19)7-4-8-15-12/h4,7-8,10H,1-3,5-6,9H2,(H,16,18). The number of pyridine rings is 1. The van der Waals surface area contributed by atoms with Gasteiger partial charge >= 0.3 is 11.8 Å². The first-order valence-electron chi connectivity index (χ1n) is 7.17. The molecule has 2 aromatic heterocycles. The quantitative estimate of drug-likeness (QED) is 0.930. The SMILES string of the molecule is O=C(NCC1CCCCC1)On1c(=O)oc2cccnc21. The average Bonchev–Trinajstić information content (AvgIpc) is 2.82. The number of carbonyl (C=O) groups is 1. The summed E-state index contributed by atoms with van der Waals surface area (Å²) in [5, 5.41) is 2.69. The normalized spacial score (nSPS) is 16.0. The van der Waals surface area contributed by atoms with Crippen molar-refractivity contribution in [2.75, 3.05) is 6.54 Å². The molecule has 0 aromatic carbocycles. The smallest absolute Gasteiger partial charge is 0.404 e. The number of hydrogen-bond acceptors (Lipinski definition) is 5. The van der Waals surface area contributed by atoms with Crippen LogP contribution in [0.4, 0.5) is 4.79 Å². The highest BCUT2D eigenvalue weighted by molar-refractivity contribution is 5.71. The molecule has 112 valence electrons. The van der Waals surface area contributed by atoms with Gasteiger partial charge in [-0.1, -0.05) is 24.0 Å². The summed E-state index contributed by atoms with van der Waals surface area (Å²) in [5.41, 5.74) is 0.470. The lowest BCUT2D eigenvalue weighted by molar-refractivity contribution is 0.125. The Balaban J connectivity index is 1.63. The van der Waals surface area contributed by atoms with Crippen molar-refractivity contribution in [2.24, 2.45) is 5.92 Å². The predicted octanol–water partition coefficient (Wildman–Crippen LogP) is 1.71. The third-order valence-electron chi connectivity index (χ3n) is 3.74. The molecule has 7 heteroatoms. The average molecular weight is 291 g/mol.